The molecule has 5 nitrogen and oxygen atoms in total. The molecule has 0 amide bonds. The van der Waals surface area contributed by atoms with Crippen molar-refractivity contribution in [1.29, 1.82) is 0 Å². The summed E-state index contributed by atoms with van der Waals surface area (Å²) in [5.41, 5.74) is 6.00. The van der Waals surface area contributed by atoms with Crippen LogP contribution in [0.25, 0.3) is 11.0 Å². The highest BCUT2D eigenvalue weighted by atomic mass is 15.2. The number of para-hydroxylation sites is 2. The third-order valence-electron chi connectivity index (χ3n) is 6.14. The molecule has 0 bridgehead atoms. The molecule has 0 radical (unpaired) electrons. The summed E-state index contributed by atoms with van der Waals surface area (Å²) >= 11 is 0. The quantitative estimate of drug-likeness (QED) is 0.478. The number of aromatic nitrogens is 4. The van der Waals surface area contributed by atoms with Gasteiger partial charge in [0.25, 0.3) is 0 Å². The Kier molecular flexibility index (Phi) is 5.28. The maximum atomic E-state index is 5.00. The predicted molar refractivity (Wildman–Crippen MR) is 119 cm³/mol. The zero-order chi connectivity index (χ0) is 20.3. The van der Waals surface area contributed by atoms with Crippen molar-refractivity contribution in [2.24, 2.45) is 0 Å². The van der Waals surface area contributed by atoms with Crippen molar-refractivity contribution < 1.29 is 0 Å². The van der Waals surface area contributed by atoms with Crippen molar-refractivity contribution >= 4 is 11.0 Å². The molecule has 5 heteroatoms. The zero-order valence-electron chi connectivity index (χ0n) is 17.4. The van der Waals surface area contributed by atoms with Crippen molar-refractivity contribution in [1.82, 2.24) is 24.4 Å². The molecule has 1 atom stereocenters. The lowest BCUT2D eigenvalue weighted by Crippen LogP contribution is -2.29. The standard InChI is InChI=1S/C25H27N5/c1-29(23-13-6-8-19-9-7-16-27-25(19)23)18-24-28-21-11-2-3-12-22(21)30(24)17-14-20-10-4-5-15-26-20/h2-5,7,9-12,15-16,23H,6,8,13-14,17-18H2,1H3. The first-order valence-corrected chi connectivity index (χ1v) is 10.8. The Labute approximate surface area is 177 Å². The van der Waals surface area contributed by atoms with E-state index in [1.165, 1.54) is 23.2 Å². The van der Waals surface area contributed by atoms with Crippen LogP contribution in [-0.2, 0) is 25.9 Å². The van der Waals surface area contributed by atoms with E-state index in [0.29, 0.717) is 6.04 Å². The molecule has 0 spiro atoms. The summed E-state index contributed by atoms with van der Waals surface area (Å²) in [5.74, 6) is 1.11. The number of hydrogen-bond acceptors (Lipinski definition) is 4. The van der Waals surface area contributed by atoms with Crippen LogP contribution in [0, 0.1) is 0 Å². The summed E-state index contributed by atoms with van der Waals surface area (Å²) in [7, 11) is 2.21. The fourth-order valence-corrected chi connectivity index (χ4v) is 4.62. The third kappa shape index (κ3) is 3.73. The Morgan fingerprint density at radius 1 is 1.00 bits per heavy atom. The first kappa shape index (κ1) is 18.9. The Morgan fingerprint density at radius 3 is 2.77 bits per heavy atom. The molecule has 0 N–H and O–H groups in total. The summed E-state index contributed by atoms with van der Waals surface area (Å²) in [6, 6.07) is 19.2. The lowest BCUT2D eigenvalue weighted by molar-refractivity contribution is 0.201. The zero-order valence-corrected chi connectivity index (χ0v) is 17.4. The number of hydrogen-bond donors (Lipinski definition) is 0. The lowest BCUT2D eigenvalue weighted by Gasteiger charge is -2.32. The van der Waals surface area contributed by atoms with E-state index in [9.17, 15) is 0 Å². The third-order valence-corrected chi connectivity index (χ3v) is 6.14. The Hall–Kier alpha value is -3.05. The SMILES string of the molecule is CN(Cc1nc2ccccc2n1CCc1ccccn1)C1CCCc2cccnc21. The minimum Gasteiger partial charge on any atom is -0.327 e. The van der Waals surface area contributed by atoms with Gasteiger partial charge in [-0.15, -0.1) is 0 Å². The second kappa shape index (κ2) is 8.36. The summed E-state index contributed by atoms with van der Waals surface area (Å²) < 4.78 is 2.36. The molecular formula is C25H27N5. The fraction of sp³-hybridized carbons (Fsp3) is 0.320. The first-order valence-electron chi connectivity index (χ1n) is 10.8. The largest absolute Gasteiger partial charge is 0.327 e. The molecule has 0 saturated carbocycles. The predicted octanol–water partition coefficient (Wildman–Crippen LogP) is 4.58. The Morgan fingerprint density at radius 2 is 1.87 bits per heavy atom. The van der Waals surface area contributed by atoms with Crippen LogP contribution in [-0.4, -0.2) is 31.5 Å². The molecule has 0 aliphatic heterocycles. The van der Waals surface area contributed by atoms with Gasteiger partial charge >= 0.3 is 0 Å². The van der Waals surface area contributed by atoms with Gasteiger partial charge in [0.2, 0.25) is 0 Å². The van der Waals surface area contributed by atoms with E-state index >= 15 is 0 Å². The summed E-state index contributed by atoms with van der Waals surface area (Å²) in [5, 5.41) is 0. The highest BCUT2D eigenvalue weighted by Gasteiger charge is 2.26. The summed E-state index contributed by atoms with van der Waals surface area (Å²) in [4.78, 5) is 16.6. The number of imidazole rings is 1. The molecule has 4 aromatic rings. The molecule has 30 heavy (non-hydrogen) atoms. The molecule has 152 valence electrons. The molecule has 5 rings (SSSR count). The van der Waals surface area contributed by atoms with Gasteiger partial charge in [0.1, 0.15) is 5.82 Å². The lowest BCUT2D eigenvalue weighted by atomic mass is 9.91. The van der Waals surface area contributed by atoms with Crippen molar-refractivity contribution in [3.8, 4) is 0 Å². The van der Waals surface area contributed by atoms with Gasteiger partial charge in [-0.2, -0.15) is 0 Å². The number of pyridine rings is 2. The van der Waals surface area contributed by atoms with Gasteiger partial charge in [0.15, 0.2) is 0 Å². The van der Waals surface area contributed by atoms with Crippen molar-refractivity contribution in [2.45, 2.75) is 44.8 Å². The molecule has 3 aromatic heterocycles. The van der Waals surface area contributed by atoms with Gasteiger partial charge in [-0.1, -0.05) is 24.3 Å². The van der Waals surface area contributed by atoms with Gasteiger partial charge in [-0.3, -0.25) is 14.9 Å². The van der Waals surface area contributed by atoms with Gasteiger partial charge in [-0.25, -0.2) is 4.98 Å². The summed E-state index contributed by atoms with van der Waals surface area (Å²) in [6.07, 6.45) is 8.18. The second-order valence-electron chi connectivity index (χ2n) is 8.11. The molecule has 1 aliphatic carbocycles. The molecule has 1 aromatic carbocycles. The number of fused-ring (bicyclic) bond motifs is 2. The van der Waals surface area contributed by atoms with E-state index in [1.807, 2.05) is 18.5 Å². The van der Waals surface area contributed by atoms with Gasteiger partial charge in [-0.05, 0) is 62.2 Å². The van der Waals surface area contributed by atoms with Gasteiger partial charge < -0.3 is 4.57 Å². The highest BCUT2D eigenvalue weighted by Crippen LogP contribution is 2.33. The Balaban J connectivity index is 1.43. The topological polar surface area (TPSA) is 46.8 Å². The summed E-state index contributed by atoms with van der Waals surface area (Å²) in [6.45, 7) is 1.68. The molecule has 3 heterocycles. The maximum absolute atomic E-state index is 5.00. The van der Waals surface area contributed by atoms with E-state index in [-0.39, 0.29) is 0 Å². The van der Waals surface area contributed by atoms with Crippen molar-refractivity contribution in [3.05, 3.63) is 89.8 Å². The average Bonchev–Trinajstić information content (AvgIpc) is 3.14. The van der Waals surface area contributed by atoms with Gasteiger partial charge in [0.05, 0.1) is 29.3 Å². The molecule has 0 fully saturated rings. The number of aryl methyl sites for hydroxylation is 3. The fourth-order valence-electron chi connectivity index (χ4n) is 4.62. The van der Waals surface area contributed by atoms with Crippen LogP contribution in [0.3, 0.4) is 0 Å². The first-order chi connectivity index (χ1) is 14.8. The van der Waals surface area contributed by atoms with Crippen LogP contribution in [0.15, 0.2) is 67.0 Å². The maximum Gasteiger partial charge on any atom is 0.124 e. The number of nitrogens with zero attached hydrogens (tertiary/aromatic N) is 5. The van der Waals surface area contributed by atoms with Crippen LogP contribution in [0.4, 0.5) is 0 Å². The highest BCUT2D eigenvalue weighted by molar-refractivity contribution is 5.75. The Bertz CT molecular complexity index is 1130. The van der Waals surface area contributed by atoms with E-state index < -0.39 is 0 Å². The molecular weight excluding hydrogens is 370 g/mol. The van der Waals surface area contributed by atoms with Crippen LogP contribution in [0.5, 0.6) is 0 Å². The molecule has 1 unspecified atom stereocenters. The monoisotopic (exact) mass is 397 g/mol. The van der Waals surface area contributed by atoms with Crippen LogP contribution in [0.2, 0.25) is 0 Å². The number of benzene rings is 1. The molecule has 1 aliphatic rings. The average molecular weight is 398 g/mol. The van der Waals surface area contributed by atoms with Crippen LogP contribution in [0.1, 0.15) is 41.7 Å². The van der Waals surface area contributed by atoms with E-state index in [1.54, 1.807) is 0 Å². The van der Waals surface area contributed by atoms with E-state index in [4.69, 9.17) is 9.97 Å². The van der Waals surface area contributed by atoms with Crippen LogP contribution >= 0.6 is 0 Å². The van der Waals surface area contributed by atoms with Gasteiger partial charge in [0, 0.05) is 31.1 Å². The van der Waals surface area contributed by atoms with E-state index in [0.717, 1.165) is 49.4 Å². The number of rotatable bonds is 6. The minimum absolute atomic E-state index is 0.346. The molecule has 0 saturated heterocycles. The van der Waals surface area contributed by atoms with Crippen LogP contribution < -0.4 is 0 Å². The normalized spacial score (nSPS) is 16.1. The second-order valence-corrected chi connectivity index (χ2v) is 8.11. The smallest absolute Gasteiger partial charge is 0.124 e. The van der Waals surface area contributed by atoms with E-state index in [2.05, 4.69) is 70.0 Å². The minimum atomic E-state index is 0.346. The van der Waals surface area contributed by atoms with Crippen molar-refractivity contribution in [2.75, 3.05) is 7.05 Å². The van der Waals surface area contributed by atoms with Crippen molar-refractivity contribution in [3.63, 3.8) is 0 Å².